The molecule has 1 N–H and O–H groups in total. The second-order valence-electron chi connectivity index (χ2n) is 4.01. The Labute approximate surface area is 115 Å². The van der Waals surface area contributed by atoms with Crippen LogP contribution in [0.4, 0.5) is 5.82 Å². The van der Waals surface area contributed by atoms with Crippen molar-refractivity contribution in [3.05, 3.63) is 34.7 Å². The van der Waals surface area contributed by atoms with Crippen LogP contribution in [0.25, 0.3) is 11.4 Å². The smallest absolute Gasteiger partial charge is 0.163 e. The van der Waals surface area contributed by atoms with Crippen molar-refractivity contribution in [2.75, 3.05) is 11.9 Å². The monoisotopic (exact) mass is 306 g/mol. The molecule has 0 saturated carbocycles. The number of hydrogen-bond acceptors (Lipinski definition) is 4. The standard InChI is InChI=1S/C13H15BrN4/c1-3-5-16-13-11(14)8-17-12(18-13)10-7-15-6-4-9(10)2/h4,6-8H,3,5H2,1-2H3,(H,16,17,18). The summed E-state index contributed by atoms with van der Waals surface area (Å²) in [5.41, 5.74) is 2.08. The molecule has 0 aromatic carbocycles. The lowest BCUT2D eigenvalue weighted by atomic mass is 10.1. The van der Waals surface area contributed by atoms with Gasteiger partial charge in [0.15, 0.2) is 5.82 Å². The van der Waals surface area contributed by atoms with Crippen LogP contribution in [0.1, 0.15) is 18.9 Å². The summed E-state index contributed by atoms with van der Waals surface area (Å²) in [6.07, 6.45) is 6.39. The van der Waals surface area contributed by atoms with Gasteiger partial charge in [-0.1, -0.05) is 6.92 Å². The number of halogens is 1. The first kappa shape index (κ1) is 13.0. The van der Waals surface area contributed by atoms with Crippen LogP contribution in [0, 0.1) is 6.92 Å². The summed E-state index contributed by atoms with van der Waals surface area (Å²) in [6.45, 7) is 5.04. The van der Waals surface area contributed by atoms with E-state index in [2.05, 4.69) is 43.1 Å². The zero-order valence-corrected chi connectivity index (χ0v) is 12.0. The Kier molecular flexibility index (Phi) is 4.25. The second-order valence-corrected chi connectivity index (χ2v) is 4.86. The summed E-state index contributed by atoms with van der Waals surface area (Å²) in [5.74, 6) is 1.52. The molecule has 2 rings (SSSR count). The van der Waals surface area contributed by atoms with Crippen molar-refractivity contribution in [2.24, 2.45) is 0 Å². The number of anilines is 1. The molecule has 0 bridgehead atoms. The SMILES string of the molecule is CCCNc1nc(-c2cnccc2C)ncc1Br. The Morgan fingerprint density at radius 3 is 2.89 bits per heavy atom. The zero-order chi connectivity index (χ0) is 13.0. The van der Waals surface area contributed by atoms with Crippen LogP contribution in [0.2, 0.25) is 0 Å². The molecular weight excluding hydrogens is 292 g/mol. The number of rotatable bonds is 4. The summed E-state index contributed by atoms with van der Waals surface area (Å²) in [5, 5.41) is 3.27. The minimum absolute atomic E-state index is 0.697. The molecule has 0 amide bonds. The molecule has 0 aliphatic rings. The molecule has 4 nitrogen and oxygen atoms in total. The summed E-state index contributed by atoms with van der Waals surface area (Å²) in [4.78, 5) is 13.0. The first-order valence-electron chi connectivity index (χ1n) is 5.89. The molecule has 0 aliphatic heterocycles. The molecule has 0 aliphatic carbocycles. The number of hydrogen-bond donors (Lipinski definition) is 1. The largest absolute Gasteiger partial charge is 0.369 e. The minimum atomic E-state index is 0.697. The van der Waals surface area contributed by atoms with E-state index in [0.29, 0.717) is 5.82 Å². The number of aryl methyl sites for hydroxylation is 1. The van der Waals surface area contributed by atoms with Gasteiger partial charge in [-0.05, 0) is 40.9 Å². The molecule has 5 heteroatoms. The lowest BCUT2D eigenvalue weighted by Gasteiger charge is -2.09. The Balaban J connectivity index is 2.38. The lowest BCUT2D eigenvalue weighted by molar-refractivity contribution is 0.963. The number of pyridine rings is 1. The number of nitrogens with one attached hydrogen (secondary N) is 1. The van der Waals surface area contributed by atoms with E-state index in [1.54, 1.807) is 18.6 Å². The van der Waals surface area contributed by atoms with Gasteiger partial charge in [0, 0.05) is 30.7 Å². The van der Waals surface area contributed by atoms with E-state index >= 15 is 0 Å². The third-order valence-electron chi connectivity index (χ3n) is 2.57. The zero-order valence-electron chi connectivity index (χ0n) is 10.4. The van der Waals surface area contributed by atoms with E-state index < -0.39 is 0 Å². The van der Waals surface area contributed by atoms with E-state index in [1.807, 2.05) is 13.0 Å². The van der Waals surface area contributed by atoms with Crippen LogP contribution in [-0.4, -0.2) is 21.5 Å². The molecule has 18 heavy (non-hydrogen) atoms. The highest BCUT2D eigenvalue weighted by Crippen LogP contribution is 2.24. The van der Waals surface area contributed by atoms with Gasteiger partial charge in [0.25, 0.3) is 0 Å². The van der Waals surface area contributed by atoms with Gasteiger partial charge in [-0.3, -0.25) is 4.98 Å². The van der Waals surface area contributed by atoms with Crippen molar-refractivity contribution in [3.63, 3.8) is 0 Å². The molecule has 0 saturated heterocycles. The van der Waals surface area contributed by atoms with Crippen LogP contribution in [0.5, 0.6) is 0 Å². The fourth-order valence-electron chi connectivity index (χ4n) is 1.56. The normalized spacial score (nSPS) is 10.4. The third-order valence-corrected chi connectivity index (χ3v) is 3.15. The third kappa shape index (κ3) is 2.85. The maximum Gasteiger partial charge on any atom is 0.163 e. The first-order valence-corrected chi connectivity index (χ1v) is 6.69. The van der Waals surface area contributed by atoms with Crippen LogP contribution in [-0.2, 0) is 0 Å². The molecule has 0 atom stereocenters. The van der Waals surface area contributed by atoms with Crippen molar-refractivity contribution < 1.29 is 0 Å². The minimum Gasteiger partial charge on any atom is -0.369 e. The highest BCUT2D eigenvalue weighted by Gasteiger charge is 2.08. The molecule has 0 spiro atoms. The lowest BCUT2D eigenvalue weighted by Crippen LogP contribution is -2.04. The first-order chi connectivity index (χ1) is 8.72. The van der Waals surface area contributed by atoms with E-state index in [0.717, 1.165) is 34.4 Å². The van der Waals surface area contributed by atoms with Crippen LogP contribution < -0.4 is 5.32 Å². The predicted octanol–water partition coefficient (Wildman–Crippen LogP) is 3.43. The Morgan fingerprint density at radius 1 is 1.33 bits per heavy atom. The van der Waals surface area contributed by atoms with Crippen molar-refractivity contribution >= 4 is 21.7 Å². The molecule has 94 valence electrons. The molecule has 0 radical (unpaired) electrons. The maximum absolute atomic E-state index is 4.53. The van der Waals surface area contributed by atoms with Gasteiger partial charge in [0.1, 0.15) is 5.82 Å². The van der Waals surface area contributed by atoms with Gasteiger partial charge in [0.2, 0.25) is 0 Å². The molecule has 0 unspecified atom stereocenters. The van der Waals surface area contributed by atoms with Gasteiger partial charge in [-0.15, -0.1) is 0 Å². The fraction of sp³-hybridized carbons (Fsp3) is 0.308. The summed E-state index contributed by atoms with van der Waals surface area (Å²) in [6, 6.07) is 1.96. The molecule has 2 heterocycles. The summed E-state index contributed by atoms with van der Waals surface area (Å²) in [7, 11) is 0. The van der Waals surface area contributed by atoms with Crippen molar-refractivity contribution in [2.45, 2.75) is 20.3 Å². The molecule has 2 aromatic heterocycles. The Bertz CT molecular complexity index is 542. The predicted molar refractivity (Wildman–Crippen MR) is 76.5 cm³/mol. The molecule has 0 fully saturated rings. The van der Waals surface area contributed by atoms with Gasteiger partial charge in [-0.2, -0.15) is 0 Å². The molecular formula is C13H15BrN4. The van der Waals surface area contributed by atoms with Gasteiger partial charge < -0.3 is 5.32 Å². The van der Waals surface area contributed by atoms with Gasteiger partial charge >= 0.3 is 0 Å². The van der Waals surface area contributed by atoms with Crippen LogP contribution in [0.3, 0.4) is 0 Å². The maximum atomic E-state index is 4.53. The summed E-state index contributed by atoms with van der Waals surface area (Å²) >= 11 is 3.45. The molecule has 2 aromatic rings. The van der Waals surface area contributed by atoms with E-state index in [1.165, 1.54) is 0 Å². The quantitative estimate of drug-likeness (QED) is 0.940. The average molecular weight is 307 g/mol. The second kappa shape index (κ2) is 5.91. The highest BCUT2D eigenvalue weighted by molar-refractivity contribution is 9.10. The Morgan fingerprint density at radius 2 is 2.17 bits per heavy atom. The summed E-state index contributed by atoms with van der Waals surface area (Å²) < 4.78 is 0.876. The van der Waals surface area contributed by atoms with Gasteiger partial charge in [0.05, 0.1) is 4.47 Å². The van der Waals surface area contributed by atoms with E-state index in [-0.39, 0.29) is 0 Å². The van der Waals surface area contributed by atoms with Crippen molar-refractivity contribution in [1.29, 1.82) is 0 Å². The number of aromatic nitrogens is 3. The van der Waals surface area contributed by atoms with Crippen molar-refractivity contribution in [3.8, 4) is 11.4 Å². The van der Waals surface area contributed by atoms with Crippen LogP contribution in [0.15, 0.2) is 29.1 Å². The van der Waals surface area contributed by atoms with E-state index in [4.69, 9.17) is 0 Å². The van der Waals surface area contributed by atoms with Gasteiger partial charge in [-0.25, -0.2) is 9.97 Å². The average Bonchev–Trinajstić information content (AvgIpc) is 2.39. The Hall–Kier alpha value is -1.49. The highest BCUT2D eigenvalue weighted by atomic mass is 79.9. The fourth-order valence-corrected chi connectivity index (χ4v) is 1.89. The topological polar surface area (TPSA) is 50.7 Å². The number of nitrogens with zero attached hydrogens (tertiary/aromatic N) is 3. The van der Waals surface area contributed by atoms with E-state index in [9.17, 15) is 0 Å². The van der Waals surface area contributed by atoms with Crippen LogP contribution >= 0.6 is 15.9 Å². The van der Waals surface area contributed by atoms with Crippen molar-refractivity contribution in [1.82, 2.24) is 15.0 Å².